The Bertz CT molecular complexity index is 898. The second kappa shape index (κ2) is 18.0. The van der Waals surface area contributed by atoms with E-state index < -0.39 is 23.8 Å². The number of hydrogen-bond donors (Lipinski definition) is 4. The number of aliphatic carboxylic acids is 2. The average Bonchev–Trinajstić information content (AvgIpc) is 2.75. The van der Waals surface area contributed by atoms with Gasteiger partial charge in [0.1, 0.15) is 0 Å². The topological polar surface area (TPSA) is 133 Å². The van der Waals surface area contributed by atoms with Gasteiger partial charge in [-0.1, -0.05) is 31.9 Å². The summed E-state index contributed by atoms with van der Waals surface area (Å²) in [5, 5.41) is 21.6. The molecule has 0 bridgehead atoms. The van der Waals surface area contributed by atoms with Crippen LogP contribution in [0.4, 0.5) is 11.4 Å². The van der Waals surface area contributed by atoms with Crippen LogP contribution < -0.4 is 10.6 Å². The van der Waals surface area contributed by atoms with E-state index in [2.05, 4.69) is 52.4 Å². The molecular weight excluding hydrogens is 667 g/mol. The van der Waals surface area contributed by atoms with Crippen LogP contribution in [-0.4, -0.2) is 55.1 Å². The first-order valence-corrected chi connectivity index (χ1v) is 16.4. The summed E-state index contributed by atoms with van der Waals surface area (Å²) in [5.41, 5.74) is 1.22. The summed E-state index contributed by atoms with van der Waals surface area (Å²) in [5.74, 6) is -3.25. The van der Waals surface area contributed by atoms with Gasteiger partial charge in [0.05, 0.1) is 0 Å². The number of hydrogen-bond acceptors (Lipinski definition) is 4. The number of rotatable bonds is 6. The van der Waals surface area contributed by atoms with Crippen LogP contribution in [0.25, 0.3) is 0 Å². The van der Waals surface area contributed by atoms with Crippen molar-refractivity contribution in [1.82, 2.24) is 0 Å². The molecule has 0 saturated heterocycles. The van der Waals surface area contributed by atoms with Gasteiger partial charge in [0.25, 0.3) is 0 Å². The molecule has 2 amide bonds. The zero-order valence-electron chi connectivity index (χ0n) is 17.7. The van der Waals surface area contributed by atoms with E-state index in [0.29, 0.717) is 11.4 Å². The summed E-state index contributed by atoms with van der Waals surface area (Å²) in [6, 6.07) is 13.9. The molecule has 33 heavy (non-hydrogen) atoms. The van der Waals surface area contributed by atoms with Crippen LogP contribution in [0.5, 0.6) is 0 Å². The summed E-state index contributed by atoms with van der Waals surface area (Å²) in [4.78, 5) is 47.1. The monoisotopic (exact) mass is 688 g/mol. The van der Waals surface area contributed by atoms with E-state index in [1.807, 2.05) is 0 Å². The van der Waals surface area contributed by atoms with Gasteiger partial charge in [-0.05, 0) is 48.5 Å². The van der Waals surface area contributed by atoms with E-state index in [4.69, 9.17) is 10.2 Å². The minimum absolute atomic E-state index is 0.230. The van der Waals surface area contributed by atoms with Crippen molar-refractivity contribution in [3.63, 3.8) is 0 Å². The quantitative estimate of drug-likeness (QED) is 0.254. The third-order valence-corrected chi connectivity index (χ3v) is 4.04. The summed E-state index contributed by atoms with van der Waals surface area (Å²) in [6.45, 7) is 0. The fraction of sp³-hybridized carbons (Fsp3) is 0.0909. The second-order valence-electron chi connectivity index (χ2n) is 5.84. The predicted molar refractivity (Wildman–Crippen MR) is 137 cm³/mol. The number of anilines is 2. The maximum absolute atomic E-state index is 11.1. The van der Waals surface area contributed by atoms with Gasteiger partial charge in [0.2, 0.25) is 11.8 Å². The van der Waals surface area contributed by atoms with Crippen LogP contribution in [0, 0.1) is 0 Å². The average molecular weight is 689 g/mol. The number of benzene rings is 2. The maximum atomic E-state index is 11.1. The molecule has 0 aromatic heterocycles. The van der Waals surface area contributed by atoms with Crippen LogP contribution in [-0.2, 0) is 19.2 Å². The number of carbonyl (C=O) groups is 4. The first-order chi connectivity index (χ1) is 15.6. The molecule has 2 aromatic rings. The van der Waals surface area contributed by atoms with Gasteiger partial charge < -0.3 is 20.8 Å². The van der Waals surface area contributed by atoms with Crippen molar-refractivity contribution in [3.8, 4) is 0 Å². The van der Waals surface area contributed by atoms with Crippen LogP contribution in [0.15, 0.2) is 81.8 Å². The standard InChI is InChI=1S/2C10H8BrNO3.2CH3.Sn/c2*11-7-1-3-8(4-2-7)12-9(13)5-6-10(14)15;;;/h2*1-6H,(H,12,13)(H,14,15);2*1H3;/b2*6-5+;;;. The molecule has 0 aliphatic carbocycles. The summed E-state index contributed by atoms with van der Waals surface area (Å²) < 4.78 is 1.81. The molecule has 0 aliphatic rings. The van der Waals surface area contributed by atoms with Crippen LogP contribution in [0.1, 0.15) is 0 Å². The number of carboxylic acids is 2. The number of amides is 2. The van der Waals surface area contributed by atoms with Crippen LogP contribution >= 0.6 is 31.9 Å². The fourth-order valence-corrected chi connectivity index (χ4v) is 2.26. The number of halogens is 2. The van der Waals surface area contributed by atoms with Crippen LogP contribution in [0.3, 0.4) is 0 Å². The molecule has 0 aliphatic heterocycles. The molecule has 0 unspecified atom stereocenters. The normalized spacial score (nSPS) is 9.82. The molecular formula is C22H22Br2N2O6Sn. The van der Waals surface area contributed by atoms with Gasteiger partial charge >= 0.3 is 43.0 Å². The van der Waals surface area contributed by atoms with Crippen molar-refractivity contribution in [2.45, 2.75) is 9.88 Å². The molecule has 2 radical (unpaired) electrons. The molecule has 0 heterocycles. The molecule has 0 fully saturated rings. The molecule has 8 nitrogen and oxygen atoms in total. The molecule has 0 atom stereocenters. The minimum atomic E-state index is -1.15. The first kappa shape index (κ1) is 30.6. The van der Waals surface area contributed by atoms with Gasteiger partial charge in [-0.25, -0.2) is 9.59 Å². The van der Waals surface area contributed by atoms with Crippen LogP contribution in [0.2, 0.25) is 9.88 Å². The van der Waals surface area contributed by atoms with Gasteiger partial charge in [-0.3, -0.25) is 9.59 Å². The van der Waals surface area contributed by atoms with Gasteiger partial charge in [0, 0.05) is 44.6 Å². The SMILES string of the molecule is O=C(O)/C=C/C(=O)Nc1ccc(Br)cc1.O=C(O)/C=C/C(=O)Nc1ccc(Br)cc1.[CH3][Sn][CH3]. The predicted octanol–water partition coefficient (Wildman–Crippen LogP) is 4.84. The van der Waals surface area contributed by atoms with E-state index in [0.717, 1.165) is 33.2 Å². The summed E-state index contributed by atoms with van der Waals surface area (Å²) >= 11 is 6.74. The third-order valence-electron chi connectivity index (χ3n) is 2.98. The van der Waals surface area contributed by atoms with E-state index in [-0.39, 0.29) is 21.1 Å². The molecule has 4 N–H and O–H groups in total. The zero-order chi connectivity index (χ0) is 25.2. The zero-order valence-corrected chi connectivity index (χ0v) is 23.7. The first-order valence-electron chi connectivity index (χ1n) is 9.11. The third kappa shape index (κ3) is 17.8. The Morgan fingerprint density at radius 3 is 1.18 bits per heavy atom. The number of carboxylic acid groups (broad SMARTS) is 2. The van der Waals surface area contributed by atoms with Gasteiger partial charge in [-0.15, -0.1) is 0 Å². The van der Waals surface area contributed by atoms with E-state index >= 15 is 0 Å². The van der Waals surface area contributed by atoms with E-state index in [1.54, 1.807) is 48.5 Å². The van der Waals surface area contributed by atoms with Crippen molar-refractivity contribution in [3.05, 3.63) is 81.8 Å². The Hall–Kier alpha value is -2.44. The molecule has 2 rings (SSSR count). The van der Waals surface area contributed by atoms with Gasteiger partial charge in [0.15, 0.2) is 0 Å². The second-order valence-corrected chi connectivity index (χ2v) is 10.5. The van der Waals surface area contributed by atoms with E-state index in [1.165, 1.54) is 0 Å². The Balaban J connectivity index is 0.000000555. The number of carbonyl (C=O) groups excluding carboxylic acids is 2. The Kier molecular flexibility index (Phi) is 16.7. The number of nitrogens with one attached hydrogen (secondary N) is 2. The Labute approximate surface area is 218 Å². The van der Waals surface area contributed by atoms with Crippen molar-refractivity contribution >= 4 is 88.1 Å². The Morgan fingerprint density at radius 2 is 0.939 bits per heavy atom. The molecule has 2 aromatic carbocycles. The molecule has 11 heteroatoms. The van der Waals surface area contributed by atoms with Crippen molar-refractivity contribution < 1.29 is 29.4 Å². The summed E-state index contributed by atoms with van der Waals surface area (Å²) in [6.07, 6.45) is 3.50. The van der Waals surface area contributed by atoms with Crippen molar-refractivity contribution in [2.75, 3.05) is 10.6 Å². The van der Waals surface area contributed by atoms with Gasteiger partial charge in [-0.2, -0.15) is 0 Å². The molecule has 174 valence electrons. The molecule has 0 spiro atoms. The Morgan fingerprint density at radius 1 is 0.667 bits per heavy atom. The van der Waals surface area contributed by atoms with E-state index in [9.17, 15) is 19.2 Å². The summed E-state index contributed by atoms with van der Waals surface area (Å²) in [7, 11) is 0. The van der Waals surface area contributed by atoms with Crippen molar-refractivity contribution in [1.29, 1.82) is 0 Å². The van der Waals surface area contributed by atoms with Crippen molar-refractivity contribution in [2.24, 2.45) is 0 Å². The molecule has 0 saturated carbocycles. The fourth-order valence-electron chi connectivity index (χ4n) is 1.73.